The lowest BCUT2D eigenvalue weighted by Crippen LogP contribution is -2.45. The van der Waals surface area contributed by atoms with E-state index >= 15 is 0 Å². The highest BCUT2D eigenvalue weighted by molar-refractivity contribution is 5.94. The first-order valence-electron chi connectivity index (χ1n) is 6.64. The summed E-state index contributed by atoms with van der Waals surface area (Å²) in [5, 5.41) is 9.75. The largest absolute Gasteiger partial charge is 0.481 e. The number of cyclic esters (lactones) is 1. The standard InChI is InChI=1S/C16H20O4/c1-9-11-8-20-13(17)10(11)6-7-12(9)16(5,14(18)19)15(2,3)4/h6-7H,8H2,1-5H3,(H,18,19). The summed E-state index contributed by atoms with van der Waals surface area (Å²) in [5.74, 6) is -1.19. The fraction of sp³-hybridized carbons (Fsp3) is 0.500. The van der Waals surface area contributed by atoms with Crippen LogP contribution in [0.3, 0.4) is 0 Å². The number of carboxylic acids is 1. The van der Waals surface area contributed by atoms with Crippen molar-refractivity contribution in [2.24, 2.45) is 5.41 Å². The molecular weight excluding hydrogens is 256 g/mol. The normalized spacial score (nSPS) is 17.4. The molecule has 1 aliphatic heterocycles. The molecule has 1 atom stereocenters. The van der Waals surface area contributed by atoms with Gasteiger partial charge in [-0.2, -0.15) is 0 Å². The first kappa shape index (κ1) is 14.6. The number of hydrogen-bond donors (Lipinski definition) is 1. The Morgan fingerprint density at radius 3 is 2.35 bits per heavy atom. The zero-order valence-corrected chi connectivity index (χ0v) is 12.5. The number of carbonyl (C=O) groups excluding carboxylic acids is 1. The topological polar surface area (TPSA) is 63.6 Å². The van der Waals surface area contributed by atoms with Crippen LogP contribution in [-0.4, -0.2) is 17.0 Å². The average molecular weight is 276 g/mol. The first-order valence-corrected chi connectivity index (χ1v) is 6.64. The number of esters is 1. The maximum atomic E-state index is 11.9. The van der Waals surface area contributed by atoms with Crippen LogP contribution in [0.1, 0.15) is 54.7 Å². The van der Waals surface area contributed by atoms with Gasteiger partial charge in [-0.15, -0.1) is 0 Å². The second-order valence-electron chi connectivity index (χ2n) is 6.52. The summed E-state index contributed by atoms with van der Waals surface area (Å²) in [6.45, 7) is 9.57. The minimum absolute atomic E-state index is 0.230. The second kappa shape index (κ2) is 4.33. The molecule has 0 spiro atoms. The van der Waals surface area contributed by atoms with Gasteiger partial charge in [-0.25, -0.2) is 4.79 Å². The Hall–Kier alpha value is -1.84. The quantitative estimate of drug-likeness (QED) is 0.843. The third kappa shape index (κ3) is 1.82. The van der Waals surface area contributed by atoms with Gasteiger partial charge in [0.15, 0.2) is 0 Å². The SMILES string of the molecule is Cc1c(C(C)(C(=O)O)C(C)(C)C)ccc2c1COC2=O. The summed E-state index contributed by atoms with van der Waals surface area (Å²) in [5.41, 5.74) is 1.46. The van der Waals surface area contributed by atoms with Crippen molar-refractivity contribution in [3.8, 4) is 0 Å². The fourth-order valence-electron chi connectivity index (χ4n) is 2.73. The summed E-state index contributed by atoms with van der Waals surface area (Å²) in [4.78, 5) is 23.5. The number of carbonyl (C=O) groups is 2. The van der Waals surface area contributed by atoms with Gasteiger partial charge in [-0.05, 0) is 36.5 Å². The molecule has 2 rings (SSSR count). The van der Waals surface area contributed by atoms with Crippen molar-refractivity contribution < 1.29 is 19.4 Å². The number of carboxylic acid groups (broad SMARTS) is 1. The van der Waals surface area contributed by atoms with E-state index in [0.29, 0.717) is 5.56 Å². The van der Waals surface area contributed by atoms with Crippen LogP contribution in [0.15, 0.2) is 12.1 Å². The average Bonchev–Trinajstić information content (AvgIpc) is 2.70. The summed E-state index contributed by atoms with van der Waals surface area (Å²) >= 11 is 0. The van der Waals surface area contributed by atoms with E-state index in [1.807, 2.05) is 27.7 Å². The maximum absolute atomic E-state index is 11.9. The molecule has 4 heteroatoms. The minimum Gasteiger partial charge on any atom is -0.481 e. The van der Waals surface area contributed by atoms with E-state index in [-0.39, 0.29) is 12.6 Å². The van der Waals surface area contributed by atoms with Crippen LogP contribution in [0.5, 0.6) is 0 Å². The third-order valence-corrected chi connectivity index (χ3v) is 4.63. The van der Waals surface area contributed by atoms with Crippen LogP contribution in [0.2, 0.25) is 0 Å². The summed E-state index contributed by atoms with van der Waals surface area (Å²) in [6, 6.07) is 3.43. The van der Waals surface area contributed by atoms with Gasteiger partial charge in [0.1, 0.15) is 6.61 Å². The Labute approximate surface area is 118 Å². The summed E-state index contributed by atoms with van der Waals surface area (Å²) < 4.78 is 5.03. The van der Waals surface area contributed by atoms with Gasteiger partial charge in [-0.3, -0.25) is 4.79 Å². The van der Waals surface area contributed by atoms with Crippen LogP contribution < -0.4 is 0 Å². The van der Waals surface area contributed by atoms with E-state index < -0.39 is 16.8 Å². The van der Waals surface area contributed by atoms with Gasteiger partial charge in [-0.1, -0.05) is 26.8 Å². The molecule has 1 aromatic rings. The summed E-state index contributed by atoms with van der Waals surface area (Å²) in [7, 11) is 0. The van der Waals surface area contributed by atoms with Crippen LogP contribution >= 0.6 is 0 Å². The molecule has 4 nitrogen and oxygen atoms in total. The lowest BCUT2D eigenvalue weighted by Gasteiger charge is -2.39. The Kier molecular flexibility index (Phi) is 3.16. The third-order valence-electron chi connectivity index (χ3n) is 4.63. The monoisotopic (exact) mass is 276 g/mol. The second-order valence-corrected chi connectivity index (χ2v) is 6.52. The molecule has 0 aliphatic carbocycles. The molecule has 20 heavy (non-hydrogen) atoms. The highest BCUT2D eigenvalue weighted by atomic mass is 16.5. The number of hydrogen-bond acceptors (Lipinski definition) is 3. The van der Waals surface area contributed by atoms with Crippen LogP contribution in [-0.2, 0) is 21.6 Å². The van der Waals surface area contributed by atoms with Gasteiger partial charge in [0, 0.05) is 5.56 Å². The molecule has 0 amide bonds. The number of rotatable bonds is 2. The number of ether oxygens (including phenoxy) is 1. The maximum Gasteiger partial charge on any atom is 0.338 e. The zero-order chi connectivity index (χ0) is 15.3. The fourth-order valence-corrected chi connectivity index (χ4v) is 2.73. The zero-order valence-electron chi connectivity index (χ0n) is 12.5. The van der Waals surface area contributed by atoms with Gasteiger partial charge in [0.2, 0.25) is 0 Å². The van der Waals surface area contributed by atoms with E-state index in [1.54, 1.807) is 19.1 Å². The molecule has 1 heterocycles. The molecule has 0 radical (unpaired) electrons. The van der Waals surface area contributed by atoms with E-state index in [1.165, 1.54) is 0 Å². The molecule has 1 aliphatic rings. The molecule has 1 N–H and O–H groups in total. The van der Waals surface area contributed by atoms with Crippen LogP contribution in [0.25, 0.3) is 0 Å². The van der Waals surface area contributed by atoms with Crippen LogP contribution in [0.4, 0.5) is 0 Å². The van der Waals surface area contributed by atoms with Crippen molar-refractivity contribution in [3.63, 3.8) is 0 Å². The van der Waals surface area contributed by atoms with Gasteiger partial charge in [0.05, 0.1) is 11.0 Å². The predicted octanol–water partition coefficient (Wildman–Crippen LogP) is 3.05. The Bertz CT molecular complexity index is 595. The van der Waals surface area contributed by atoms with E-state index in [9.17, 15) is 14.7 Å². The lowest BCUT2D eigenvalue weighted by molar-refractivity contribution is -0.147. The molecule has 1 aromatic carbocycles. The van der Waals surface area contributed by atoms with Crippen molar-refractivity contribution in [2.75, 3.05) is 0 Å². The number of fused-ring (bicyclic) bond motifs is 1. The van der Waals surface area contributed by atoms with Crippen LogP contribution in [0, 0.1) is 12.3 Å². The number of aliphatic carboxylic acids is 1. The molecule has 0 saturated heterocycles. The number of benzene rings is 1. The summed E-state index contributed by atoms with van der Waals surface area (Å²) in [6.07, 6.45) is 0. The predicted molar refractivity (Wildman–Crippen MR) is 74.7 cm³/mol. The molecule has 1 unspecified atom stereocenters. The Morgan fingerprint density at radius 1 is 1.25 bits per heavy atom. The van der Waals surface area contributed by atoms with Crippen molar-refractivity contribution in [1.29, 1.82) is 0 Å². The van der Waals surface area contributed by atoms with Crippen molar-refractivity contribution in [1.82, 2.24) is 0 Å². The van der Waals surface area contributed by atoms with E-state index in [0.717, 1.165) is 16.7 Å². The molecular formula is C16H20O4. The Morgan fingerprint density at radius 2 is 1.85 bits per heavy atom. The van der Waals surface area contributed by atoms with E-state index in [2.05, 4.69) is 0 Å². The highest BCUT2D eigenvalue weighted by Crippen LogP contribution is 2.44. The van der Waals surface area contributed by atoms with E-state index in [4.69, 9.17) is 4.74 Å². The molecule has 108 valence electrons. The van der Waals surface area contributed by atoms with Crippen molar-refractivity contribution >= 4 is 11.9 Å². The molecule has 0 fully saturated rings. The molecule has 0 bridgehead atoms. The Balaban J connectivity index is 2.70. The first-order chi connectivity index (χ1) is 9.10. The molecule has 0 aromatic heterocycles. The van der Waals surface area contributed by atoms with Gasteiger partial charge >= 0.3 is 11.9 Å². The van der Waals surface area contributed by atoms with Gasteiger partial charge < -0.3 is 9.84 Å². The van der Waals surface area contributed by atoms with Gasteiger partial charge in [0.25, 0.3) is 0 Å². The smallest absolute Gasteiger partial charge is 0.338 e. The lowest BCUT2D eigenvalue weighted by atomic mass is 9.62. The highest BCUT2D eigenvalue weighted by Gasteiger charge is 2.47. The minimum atomic E-state index is -1.03. The van der Waals surface area contributed by atoms with Crippen molar-refractivity contribution in [2.45, 2.75) is 46.6 Å². The van der Waals surface area contributed by atoms with Crippen molar-refractivity contribution in [3.05, 3.63) is 34.4 Å². The molecule has 0 saturated carbocycles.